The molecule has 10 heteroatoms. The highest BCUT2D eigenvalue weighted by molar-refractivity contribution is 9.10. The van der Waals surface area contributed by atoms with E-state index in [0.717, 1.165) is 15.6 Å². The van der Waals surface area contributed by atoms with Crippen molar-refractivity contribution in [2.45, 2.75) is 19.6 Å². The maximum atomic E-state index is 12.9. The normalized spacial score (nSPS) is 11.1. The van der Waals surface area contributed by atoms with Crippen LogP contribution in [-0.4, -0.2) is 41.3 Å². The van der Waals surface area contributed by atoms with Crippen molar-refractivity contribution >= 4 is 32.9 Å². The lowest BCUT2D eigenvalue weighted by Crippen LogP contribution is -2.27. The van der Waals surface area contributed by atoms with Crippen LogP contribution >= 0.6 is 15.9 Å². The molecule has 0 aliphatic carbocycles. The molecule has 2 aromatic carbocycles. The lowest BCUT2D eigenvalue weighted by atomic mass is 10.1. The van der Waals surface area contributed by atoms with Gasteiger partial charge in [-0.3, -0.25) is 14.2 Å². The van der Waals surface area contributed by atoms with Gasteiger partial charge in [-0.15, -0.1) is 0 Å². The Morgan fingerprint density at radius 1 is 0.971 bits per heavy atom. The van der Waals surface area contributed by atoms with Crippen molar-refractivity contribution in [3.63, 3.8) is 0 Å². The van der Waals surface area contributed by atoms with E-state index in [0.29, 0.717) is 42.8 Å². The van der Waals surface area contributed by atoms with Crippen LogP contribution in [0.4, 0.5) is 0 Å². The van der Waals surface area contributed by atoms with Crippen LogP contribution in [0.3, 0.4) is 0 Å². The van der Waals surface area contributed by atoms with Crippen molar-refractivity contribution in [3.8, 4) is 0 Å². The molecule has 0 bridgehead atoms. The Hall–Kier alpha value is -4.05. The van der Waals surface area contributed by atoms with Crippen LogP contribution in [0.1, 0.15) is 21.5 Å². The number of imidazole rings is 1. The molecule has 0 spiro atoms. The number of nitrogens with one attached hydrogen (secondary N) is 1. The van der Waals surface area contributed by atoms with Crippen molar-refractivity contribution in [2.24, 2.45) is 0 Å². The van der Waals surface area contributed by atoms with Gasteiger partial charge in [0.1, 0.15) is 11.7 Å². The molecule has 0 aliphatic rings. The Bertz CT molecular complexity index is 1500. The number of halogens is 1. The Morgan fingerprint density at radius 3 is 2.46 bits per heavy atom. The third-order valence-corrected chi connectivity index (χ3v) is 6.17. The second kappa shape index (κ2) is 10.1. The van der Waals surface area contributed by atoms with Crippen LogP contribution in [0, 0.1) is 0 Å². The molecule has 1 N–H and O–H groups in total. The summed E-state index contributed by atoms with van der Waals surface area (Å²) < 4.78 is 6.15. The highest BCUT2D eigenvalue weighted by atomic mass is 79.9. The van der Waals surface area contributed by atoms with E-state index in [-0.39, 0.29) is 11.5 Å². The van der Waals surface area contributed by atoms with Gasteiger partial charge in [0.2, 0.25) is 0 Å². The molecular formula is C25H22BrN7O2. The quantitative estimate of drug-likeness (QED) is 0.331. The van der Waals surface area contributed by atoms with E-state index < -0.39 is 0 Å². The molecule has 0 saturated carbocycles. The fourth-order valence-corrected chi connectivity index (χ4v) is 4.05. The van der Waals surface area contributed by atoms with Gasteiger partial charge in [-0.2, -0.15) is 5.10 Å². The summed E-state index contributed by atoms with van der Waals surface area (Å²) in [6.07, 6.45) is 8.46. The average molecular weight is 532 g/mol. The Morgan fingerprint density at radius 2 is 1.71 bits per heavy atom. The largest absolute Gasteiger partial charge is 0.350 e. The zero-order chi connectivity index (χ0) is 24.2. The minimum absolute atomic E-state index is 0.149. The van der Waals surface area contributed by atoms with E-state index in [1.807, 2.05) is 47.2 Å². The minimum Gasteiger partial charge on any atom is -0.350 e. The van der Waals surface area contributed by atoms with Gasteiger partial charge in [0.25, 0.3) is 11.5 Å². The molecule has 0 unspecified atom stereocenters. The van der Waals surface area contributed by atoms with Crippen molar-refractivity contribution in [1.82, 2.24) is 34.2 Å². The minimum atomic E-state index is -0.166. The summed E-state index contributed by atoms with van der Waals surface area (Å²) in [5, 5.41) is 7.66. The number of aromatic nitrogens is 6. The van der Waals surface area contributed by atoms with E-state index in [1.165, 1.54) is 12.5 Å². The summed E-state index contributed by atoms with van der Waals surface area (Å²) >= 11 is 3.42. The molecule has 0 fully saturated rings. The van der Waals surface area contributed by atoms with Gasteiger partial charge in [-0.25, -0.2) is 14.6 Å². The topological polar surface area (TPSA) is 99.6 Å². The molecule has 5 aromatic rings. The number of hydrogen-bond acceptors (Lipinski definition) is 5. The number of rotatable bonds is 8. The van der Waals surface area contributed by atoms with Gasteiger partial charge in [-0.05, 0) is 35.4 Å². The summed E-state index contributed by atoms with van der Waals surface area (Å²) in [7, 11) is 0. The highest BCUT2D eigenvalue weighted by Crippen LogP contribution is 2.12. The molecule has 5 rings (SSSR count). The van der Waals surface area contributed by atoms with Crippen molar-refractivity contribution in [3.05, 3.63) is 111 Å². The van der Waals surface area contributed by atoms with Crippen LogP contribution < -0.4 is 10.9 Å². The Labute approximate surface area is 209 Å². The summed E-state index contributed by atoms with van der Waals surface area (Å²) in [4.78, 5) is 33.9. The molecule has 0 radical (unpaired) electrons. The number of carbonyl (C=O) groups excluding carboxylic acids is 1. The Kier molecular flexibility index (Phi) is 6.53. The van der Waals surface area contributed by atoms with Crippen LogP contribution in [0.15, 0.2) is 89.0 Å². The van der Waals surface area contributed by atoms with Crippen molar-refractivity contribution in [1.29, 1.82) is 0 Å². The van der Waals surface area contributed by atoms with E-state index in [1.54, 1.807) is 33.9 Å². The molecule has 176 valence electrons. The predicted octanol–water partition coefficient (Wildman–Crippen LogP) is 3.08. The standard InChI is InChI=1S/C25H22BrN7O2/c26-21-7-3-19(4-8-21)15-32-17-29-23-22(25(32)35)13-30-33(23)12-10-28-24(34)20-5-1-18(2-6-20)14-31-11-9-27-16-31/h1-9,11,13,16-17H,10,12,14-15H2,(H,28,34). The highest BCUT2D eigenvalue weighted by Gasteiger charge is 2.11. The van der Waals surface area contributed by atoms with Crippen LogP contribution in [0.5, 0.6) is 0 Å². The zero-order valence-corrected chi connectivity index (χ0v) is 20.3. The number of carbonyl (C=O) groups is 1. The Balaban J connectivity index is 1.20. The van der Waals surface area contributed by atoms with E-state index >= 15 is 0 Å². The van der Waals surface area contributed by atoms with Crippen molar-refractivity contribution in [2.75, 3.05) is 6.54 Å². The molecule has 0 atom stereocenters. The van der Waals surface area contributed by atoms with Crippen molar-refractivity contribution < 1.29 is 4.79 Å². The smallest absolute Gasteiger partial charge is 0.264 e. The number of hydrogen-bond donors (Lipinski definition) is 1. The summed E-state index contributed by atoms with van der Waals surface area (Å²) in [6.45, 7) is 1.89. The van der Waals surface area contributed by atoms with Gasteiger partial charge in [-0.1, -0.05) is 40.2 Å². The van der Waals surface area contributed by atoms with E-state index in [9.17, 15) is 9.59 Å². The molecule has 0 aliphatic heterocycles. The summed E-state index contributed by atoms with van der Waals surface area (Å²) in [5.41, 5.74) is 3.02. The molecule has 35 heavy (non-hydrogen) atoms. The third kappa shape index (κ3) is 5.22. The third-order valence-electron chi connectivity index (χ3n) is 5.64. The maximum absolute atomic E-state index is 12.9. The van der Waals surface area contributed by atoms with Gasteiger partial charge < -0.3 is 9.88 Å². The molecular weight excluding hydrogens is 510 g/mol. The fourth-order valence-electron chi connectivity index (χ4n) is 3.79. The lowest BCUT2D eigenvalue weighted by Gasteiger charge is -2.08. The molecule has 3 heterocycles. The van der Waals surface area contributed by atoms with Gasteiger partial charge in [0.05, 0.1) is 25.6 Å². The van der Waals surface area contributed by atoms with Gasteiger partial charge in [0, 0.05) is 35.5 Å². The first kappa shape index (κ1) is 22.7. The first-order valence-electron chi connectivity index (χ1n) is 11.0. The molecule has 1 amide bonds. The monoisotopic (exact) mass is 531 g/mol. The number of benzene rings is 2. The zero-order valence-electron chi connectivity index (χ0n) is 18.7. The van der Waals surface area contributed by atoms with Crippen LogP contribution in [0.25, 0.3) is 11.0 Å². The fraction of sp³-hybridized carbons (Fsp3) is 0.160. The van der Waals surface area contributed by atoms with Crippen LogP contribution in [-0.2, 0) is 19.6 Å². The second-order valence-electron chi connectivity index (χ2n) is 8.10. The van der Waals surface area contributed by atoms with Gasteiger partial charge in [0.15, 0.2) is 5.65 Å². The summed E-state index contributed by atoms with van der Waals surface area (Å²) in [6, 6.07) is 15.3. The number of amides is 1. The van der Waals surface area contributed by atoms with Gasteiger partial charge >= 0.3 is 0 Å². The maximum Gasteiger partial charge on any atom is 0.264 e. The second-order valence-corrected chi connectivity index (χ2v) is 9.01. The number of fused-ring (bicyclic) bond motifs is 1. The molecule has 9 nitrogen and oxygen atoms in total. The molecule has 3 aromatic heterocycles. The van der Waals surface area contributed by atoms with E-state index in [2.05, 4.69) is 36.3 Å². The van der Waals surface area contributed by atoms with E-state index in [4.69, 9.17) is 0 Å². The SMILES string of the molecule is O=C(NCCn1ncc2c(=O)n(Cc3ccc(Br)cc3)cnc21)c1ccc(Cn2ccnc2)cc1. The lowest BCUT2D eigenvalue weighted by molar-refractivity contribution is 0.0952. The predicted molar refractivity (Wildman–Crippen MR) is 135 cm³/mol. The first-order valence-corrected chi connectivity index (χ1v) is 11.8. The first-order chi connectivity index (χ1) is 17.1. The average Bonchev–Trinajstić information content (AvgIpc) is 3.53. The van der Waals surface area contributed by atoms with Crippen LogP contribution in [0.2, 0.25) is 0 Å². The number of nitrogens with zero attached hydrogens (tertiary/aromatic N) is 6. The molecule has 0 saturated heterocycles. The summed E-state index contributed by atoms with van der Waals surface area (Å²) in [5.74, 6) is -0.166.